The Kier molecular flexibility index (Phi) is 5.34. The van der Waals surface area contributed by atoms with E-state index in [0.717, 1.165) is 22.8 Å². The van der Waals surface area contributed by atoms with Crippen LogP contribution in [0.25, 0.3) is 10.8 Å². The van der Waals surface area contributed by atoms with Gasteiger partial charge in [0.15, 0.2) is 6.61 Å². The van der Waals surface area contributed by atoms with Gasteiger partial charge in [-0.15, -0.1) is 0 Å². The third-order valence-corrected chi connectivity index (χ3v) is 3.99. The van der Waals surface area contributed by atoms with Crippen molar-refractivity contribution in [3.63, 3.8) is 0 Å². The fourth-order valence-corrected chi connectivity index (χ4v) is 2.58. The lowest BCUT2D eigenvalue weighted by molar-refractivity contribution is -0.123. The number of fused-ring (bicyclic) bond motifs is 1. The number of amides is 1. The van der Waals surface area contributed by atoms with Crippen LogP contribution >= 0.6 is 11.6 Å². The van der Waals surface area contributed by atoms with Crippen LogP contribution in [0.15, 0.2) is 66.7 Å². The molecule has 3 aromatic carbocycles. The average molecular weight is 340 g/mol. The second-order valence-electron chi connectivity index (χ2n) is 5.52. The minimum atomic E-state index is -0.128. The minimum absolute atomic E-state index is 0.0129. The highest BCUT2D eigenvalue weighted by Crippen LogP contribution is 2.20. The van der Waals surface area contributed by atoms with Gasteiger partial charge < -0.3 is 10.1 Å². The highest BCUT2D eigenvalue weighted by Gasteiger charge is 2.03. The van der Waals surface area contributed by atoms with Gasteiger partial charge in [0.25, 0.3) is 5.91 Å². The van der Waals surface area contributed by atoms with Crippen molar-refractivity contribution in [3.8, 4) is 5.75 Å². The first-order chi connectivity index (χ1) is 11.7. The maximum absolute atomic E-state index is 11.9. The Hall–Kier alpha value is -2.52. The summed E-state index contributed by atoms with van der Waals surface area (Å²) in [7, 11) is 0. The highest BCUT2D eigenvalue weighted by molar-refractivity contribution is 6.30. The van der Waals surface area contributed by atoms with Crippen molar-refractivity contribution in [1.29, 1.82) is 0 Å². The maximum Gasteiger partial charge on any atom is 0.257 e. The number of hydrogen-bond acceptors (Lipinski definition) is 2. The second-order valence-corrected chi connectivity index (χ2v) is 5.96. The predicted octanol–water partition coefficient (Wildman–Crippen LogP) is 4.23. The number of nitrogens with one attached hydrogen (secondary N) is 1. The van der Waals surface area contributed by atoms with Crippen LogP contribution in [0, 0.1) is 0 Å². The average Bonchev–Trinajstić information content (AvgIpc) is 2.61. The molecule has 0 atom stereocenters. The lowest BCUT2D eigenvalue weighted by Gasteiger charge is -2.08. The van der Waals surface area contributed by atoms with Gasteiger partial charge in [0, 0.05) is 11.6 Å². The maximum atomic E-state index is 11.9. The molecule has 0 bridgehead atoms. The van der Waals surface area contributed by atoms with E-state index < -0.39 is 0 Å². The van der Waals surface area contributed by atoms with Crippen LogP contribution in [0.3, 0.4) is 0 Å². The number of carbonyl (C=O) groups excluding carboxylic acids is 1. The van der Waals surface area contributed by atoms with E-state index >= 15 is 0 Å². The normalized spacial score (nSPS) is 10.5. The van der Waals surface area contributed by atoms with Gasteiger partial charge in [-0.1, -0.05) is 54.1 Å². The molecule has 24 heavy (non-hydrogen) atoms. The number of carbonyl (C=O) groups is 1. The predicted molar refractivity (Wildman–Crippen MR) is 97.6 cm³/mol. The summed E-state index contributed by atoms with van der Waals surface area (Å²) in [6, 6.07) is 21.5. The zero-order valence-corrected chi connectivity index (χ0v) is 13.9. The summed E-state index contributed by atoms with van der Waals surface area (Å²) in [5.41, 5.74) is 1.13. The van der Waals surface area contributed by atoms with Gasteiger partial charge in [0.1, 0.15) is 5.75 Å². The first kappa shape index (κ1) is 16.3. The molecular weight excluding hydrogens is 322 g/mol. The lowest BCUT2D eigenvalue weighted by Crippen LogP contribution is -2.30. The molecule has 4 heteroatoms. The first-order valence-corrected chi connectivity index (χ1v) is 8.21. The molecule has 0 aliphatic heterocycles. The van der Waals surface area contributed by atoms with Crippen LogP contribution < -0.4 is 10.1 Å². The van der Waals surface area contributed by atoms with Crippen LogP contribution in [0.5, 0.6) is 5.75 Å². The minimum Gasteiger partial charge on any atom is -0.484 e. The molecule has 0 fully saturated rings. The summed E-state index contributed by atoms with van der Waals surface area (Å²) in [4.78, 5) is 11.9. The van der Waals surface area contributed by atoms with Crippen molar-refractivity contribution in [2.45, 2.75) is 6.42 Å². The van der Waals surface area contributed by atoms with Gasteiger partial charge >= 0.3 is 0 Å². The van der Waals surface area contributed by atoms with Gasteiger partial charge in [-0.2, -0.15) is 0 Å². The Morgan fingerprint density at radius 1 is 0.958 bits per heavy atom. The molecule has 3 rings (SSSR count). The molecule has 122 valence electrons. The van der Waals surface area contributed by atoms with E-state index in [0.29, 0.717) is 17.3 Å². The summed E-state index contributed by atoms with van der Waals surface area (Å²) in [6.45, 7) is 0.584. The van der Waals surface area contributed by atoms with Crippen LogP contribution in [0.4, 0.5) is 0 Å². The standard InChI is InChI=1S/C20H18ClNO2/c21-18-8-5-15(6-9-18)11-12-22-20(23)14-24-19-10-7-16-3-1-2-4-17(16)13-19/h1-10,13H,11-12,14H2,(H,22,23). The van der Waals surface area contributed by atoms with E-state index in [1.54, 1.807) is 0 Å². The van der Waals surface area contributed by atoms with Gasteiger partial charge in [-0.3, -0.25) is 4.79 Å². The van der Waals surface area contributed by atoms with Crippen molar-refractivity contribution >= 4 is 28.3 Å². The Labute approximate surface area is 146 Å². The second kappa shape index (κ2) is 7.84. The quantitative estimate of drug-likeness (QED) is 0.729. The van der Waals surface area contributed by atoms with Crippen molar-refractivity contribution in [2.24, 2.45) is 0 Å². The zero-order chi connectivity index (χ0) is 16.8. The molecule has 0 radical (unpaired) electrons. The Balaban J connectivity index is 1.45. The number of rotatable bonds is 6. The molecule has 0 spiro atoms. The van der Waals surface area contributed by atoms with E-state index in [4.69, 9.17) is 16.3 Å². The van der Waals surface area contributed by atoms with Crippen molar-refractivity contribution in [1.82, 2.24) is 5.32 Å². The summed E-state index contributed by atoms with van der Waals surface area (Å²) in [6.07, 6.45) is 0.763. The van der Waals surface area contributed by atoms with E-state index in [2.05, 4.69) is 5.32 Å². The molecule has 3 nitrogen and oxygen atoms in total. The van der Waals surface area contributed by atoms with E-state index in [9.17, 15) is 4.79 Å². The van der Waals surface area contributed by atoms with Crippen LogP contribution in [-0.2, 0) is 11.2 Å². The molecule has 0 aromatic heterocycles. The molecular formula is C20H18ClNO2. The van der Waals surface area contributed by atoms with E-state index in [1.807, 2.05) is 66.7 Å². The fraction of sp³-hybridized carbons (Fsp3) is 0.150. The van der Waals surface area contributed by atoms with Crippen LogP contribution in [0.2, 0.25) is 5.02 Å². The van der Waals surface area contributed by atoms with Gasteiger partial charge in [-0.25, -0.2) is 0 Å². The Morgan fingerprint density at radius 2 is 1.71 bits per heavy atom. The van der Waals surface area contributed by atoms with E-state index in [1.165, 1.54) is 0 Å². The largest absolute Gasteiger partial charge is 0.484 e. The summed E-state index contributed by atoms with van der Waals surface area (Å²) < 4.78 is 5.56. The molecule has 0 saturated carbocycles. The van der Waals surface area contributed by atoms with Gasteiger partial charge in [-0.05, 0) is 47.0 Å². The number of ether oxygens (including phenoxy) is 1. The summed E-state index contributed by atoms with van der Waals surface area (Å²) in [5.74, 6) is 0.568. The first-order valence-electron chi connectivity index (χ1n) is 7.83. The molecule has 3 aromatic rings. The van der Waals surface area contributed by atoms with Crippen molar-refractivity contribution in [2.75, 3.05) is 13.2 Å². The van der Waals surface area contributed by atoms with Crippen molar-refractivity contribution in [3.05, 3.63) is 77.3 Å². The smallest absolute Gasteiger partial charge is 0.257 e. The van der Waals surface area contributed by atoms with Gasteiger partial charge in [0.05, 0.1) is 0 Å². The number of hydrogen-bond donors (Lipinski definition) is 1. The molecule has 1 N–H and O–H groups in total. The zero-order valence-electron chi connectivity index (χ0n) is 13.2. The molecule has 0 heterocycles. The van der Waals surface area contributed by atoms with Gasteiger partial charge in [0.2, 0.25) is 0 Å². The fourth-order valence-electron chi connectivity index (χ4n) is 2.45. The Morgan fingerprint density at radius 3 is 2.50 bits per heavy atom. The third-order valence-electron chi connectivity index (χ3n) is 3.74. The SMILES string of the molecule is O=C(COc1ccc2ccccc2c1)NCCc1ccc(Cl)cc1. The molecule has 0 saturated heterocycles. The monoisotopic (exact) mass is 339 g/mol. The molecule has 1 amide bonds. The topological polar surface area (TPSA) is 38.3 Å². The van der Waals surface area contributed by atoms with Crippen molar-refractivity contribution < 1.29 is 9.53 Å². The molecule has 0 unspecified atom stereocenters. The molecule has 0 aliphatic carbocycles. The lowest BCUT2D eigenvalue weighted by atomic mass is 10.1. The number of benzene rings is 3. The number of halogens is 1. The summed E-state index contributed by atoms with van der Waals surface area (Å²) in [5, 5.41) is 5.82. The van der Waals surface area contributed by atoms with E-state index in [-0.39, 0.29) is 12.5 Å². The highest BCUT2D eigenvalue weighted by atomic mass is 35.5. The van der Waals surface area contributed by atoms with Crippen LogP contribution in [0.1, 0.15) is 5.56 Å². The summed E-state index contributed by atoms with van der Waals surface area (Å²) >= 11 is 5.85. The third kappa shape index (κ3) is 4.49. The Bertz CT molecular complexity index is 830. The molecule has 0 aliphatic rings. The van der Waals surface area contributed by atoms with Crippen LogP contribution in [-0.4, -0.2) is 19.1 Å².